The van der Waals surface area contributed by atoms with Crippen molar-refractivity contribution in [1.29, 1.82) is 0 Å². The van der Waals surface area contributed by atoms with Gasteiger partial charge in [0.05, 0.1) is 30.0 Å². The van der Waals surface area contributed by atoms with Crippen LogP contribution in [0.2, 0.25) is 0 Å². The molecule has 0 aliphatic carbocycles. The zero-order chi connectivity index (χ0) is 21.8. The molecule has 0 bridgehead atoms. The molecule has 158 valence electrons. The number of amides is 1. The van der Waals surface area contributed by atoms with Crippen LogP contribution in [0.1, 0.15) is 29.3 Å². The minimum Gasteiger partial charge on any atom is -0.492 e. The summed E-state index contributed by atoms with van der Waals surface area (Å²) in [5, 5.41) is 0.656. The summed E-state index contributed by atoms with van der Waals surface area (Å²) < 4.78 is 6.74. The van der Waals surface area contributed by atoms with Crippen LogP contribution in [0, 0.1) is 13.8 Å². The highest BCUT2D eigenvalue weighted by Crippen LogP contribution is 2.35. The van der Waals surface area contributed by atoms with E-state index in [9.17, 15) is 4.79 Å². The van der Waals surface area contributed by atoms with E-state index in [1.54, 1.807) is 11.1 Å². The summed E-state index contributed by atoms with van der Waals surface area (Å²) >= 11 is 1.50. The van der Waals surface area contributed by atoms with Gasteiger partial charge < -0.3 is 4.74 Å². The third-order valence-electron chi connectivity index (χ3n) is 5.10. The molecule has 4 rings (SSSR count). The van der Waals surface area contributed by atoms with Crippen LogP contribution in [0.4, 0.5) is 5.13 Å². The van der Waals surface area contributed by atoms with Crippen LogP contribution in [-0.2, 0) is 17.8 Å². The van der Waals surface area contributed by atoms with Gasteiger partial charge in [-0.05, 0) is 56.2 Å². The molecule has 1 amide bonds. The first-order chi connectivity index (χ1) is 15.0. The average Bonchev–Trinajstić information content (AvgIpc) is 3.20. The van der Waals surface area contributed by atoms with Crippen molar-refractivity contribution in [2.45, 2.75) is 33.7 Å². The van der Waals surface area contributed by atoms with Crippen LogP contribution in [0.3, 0.4) is 0 Å². The Labute approximate surface area is 186 Å². The van der Waals surface area contributed by atoms with Crippen molar-refractivity contribution in [2.75, 3.05) is 11.5 Å². The summed E-state index contributed by atoms with van der Waals surface area (Å²) in [5.41, 5.74) is 4.90. The summed E-state index contributed by atoms with van der Waals surface area (Å²) in [6.45, 7) is 6.97. The minimum absolute atomic E-state index is 0.00336. The maximum absolute atomic E-state index is 13.5. The van der Waals surface area contributed by atoms with Crippen molar-refractivity contribution in [2.24, 2.45) is 0 Å². The number of rotatable bonds is 7. The van der Waals surface area contributed by atoms with Crippen molar-refractivity contribution in [3.8, 4) is 5.75 Å². The fourth-order valence-electron chi connectivity index (χ4n) is 3.46. The molecule has 0 fully saturated rings. The van der Waals surface area contributed by atoms with Gasteiger partial charge in [0.2, 0.25) is 5.91 Å². The van der Waals surface area contributed by atoms with E-state index in [4.69, 9.17) is 9.72 Å². The molecule has 0 unspecified atom stereocenters. The average molecular weight is 432 g/mol. The lowest BCUT2D eigenvalue weighted by atomic mass is 10.0. The van der Waals surface area contributed by atoms with E-state index in [0.29, 0.717) is 24.7 Å². The van der Waals surface area contributed by atoms with Gasteiger partial charge in [-0.3, -0.25) is 14.7 Å². The molecule has 6 heteroatoms. The lowest BCUT2D eigenvalue weighted by Crippen LogP contribution is -2.32. The molecule has 0 aliphatic heterocycles. The van der Waals surface area contributed by atoms with Gasteiger partial charge in [-0.2, -0.15) is 0 Å². The van der Waals surface area contributed by atoms with Crippen LogP contribution in [0.5, 0.6) is 5.75 Å². The summed E-state index contributed by atoms with van der Waals surface area (Å²) in [6, 6.07) is 17.8. The number of thiazole rings is 1. The smallest absolute Gasteiger partial charge is 0.233 e. The van der Waals surface area contributed by atoms with Crippen LogP contribution in [0.25, 0.3) is 10.2 Å². The van der Waals surface area contributed by atoms with Gasteiger partial charge in [0.25, 0.3) is 0 Å². The predicted molar refractivity (Wildman–Crippen MR) is 126 cm³/mol. The van der Waals surface area contributed by atoms with Crippen LogP contribution < -0.4 is 9.64 Å². The number of aromatic nitrogens is 2. The highest BCUT2D eigenvalue weighted by atomic mass is 32.1. The third kappa shape index (κ3) is 4.75. The van der Waals surface area contributed by atoms with Gasteiger partial charge in [0.1, 0.15) is 11.3 Å². The standard InChI is InChI=1S/C25H25N3O2S/c1-4-30-21-9-7-10-22-24(21)27-25(31-22)28(16-20-8-5-6-13-26-20)23(29)15-19-14-17(2)11-12-18(19)3/h5-14H,4,15-16H2,1-3H3. The van der Waals surface area contributed by atoms with Gasteiger partial charge in [0.15, 0.2) is 5.13 Å². The van der Waals surface area contributed by atoms with Crippen molar-refractivity contribution >= 4 is 32.6 Å². The molecule has 0 N–H and O–H groups in total. The van der Waals surface area contributed by atoms with Crippen LogP contribution >= 0.6 is 11.3 Å². The monoisotopic (exact) mass is 431 g/mol. The van der Waals surface area contributed by atoms with Gasteiger partial charge in [0, 0.05) is 6.20 Å². The van der Waals surface area contributed by atoms with Gasteiger partial charge in [-0.1, -0.05) is 47.2 Å². The molecule has 0 atom stereocenters. The predicted octanol–water partition coefficient (Wildman–Crippen LogP) is 5.48. The van der Waals surface area contributed by atoms with E-state index in [-0.39, 0.29) is 5.91 Å². The molecule has 0 radical (unpaired) electrons. The summed E-state index contributed by atoms with van der Waals surface area (Å²) in [6.07, 6.45) is 2.06. The second-order valence-corrected chi connectivity index (χ2v) is 8.45. The van der Waals surface area contributed by atoms with E-state index in [0.717, 1.165) is 38.4 Å². The number of para-hydroxylation sites is 1. The van der Waals surface area contributed by atoms with E-state index in [2.05, 4.69) is 23.2 Å². The number of nitrogens with zero attached hydrogens (tertiary/aromatic N) is 3. The molecular formula is C25H25N3O2S. The molecule has 2 aromatic heterocycles. The number of benzene rings is 2. The quantitative estimate of drug-likeness (QED) is 0.389. The number of pyridine rings is 1. The number of fused-ring (bicyclic) bond motifs is 1. The molecule has 2 heterocycles. The molecule has 0 spiro atoms. The summed E-state index contributed by atoms with van der Waals surface area (Å²) in [5.74, 6) is 0.735. The molecule has 0 saturated carbocycles. The lowest BCUT2D eigenvalue weighted by molar-refractivity contribution is -0.118. The van der Waals surface area contributed by atoms with E-state index >= 15 is 0 Å². The Balaban J connectivity index is 1.72. The normalized spacial score (nSPS) is 10.9. The van der Waals surface area contributed by atoms with Crippen molar-refractivity contribution in [1.82, 2.24) is 9.97 Å². The Bertz CT molecular complexity index is 1200. The van der Waals surface area contributed by atoms with E-state index < -0.39 is 0 Å². The van der Waals surface area contributed by atoms with Crippen LogP contribution in [-0.4, -0.2) is 22.5 Å². The summed E-state index contributed by atoms with van der Waals surface area (Å²) in [7, 11) is 0. The molecule has 5 nitrogen and oxygen atoms in total. The number of ether oxygens (including phenoxy) is 1. The molecular weight excluding hydrogens is 406 g/mol. The lowest BCUT2D eigenvalue weighted by Gasteiger charge is -2.20. The van der Waals surface area contributed by atoms with Crippen molar-refractivity contribution in [3.05, 3.63) is 83.2 Å². The highest BCUT2D eigenvalue weighted by molar-refractivity contribution is 7.22. The third-order valence-corrected chi connectivity index (χ3v) is 6.14. The number of hydrogen-bond donors (Lipinski definition) is 0. The zero-order valence-electron chi connectivity index (χ0n) is 18.0. The maximum Gasteiger partial charge on any atom is 0.233 e. The molecule has 31 heavy (non-hydrogen) atoms. The Morgan fingerprint density at radius 1 is 1.10 bits per heavy atom. The molecule has 0 saturated heterocycles. The molecule has 2 aromatic carbocycles. The van der Waals surface area contributed by atoms with E-state index in [1.807, 2.05) is 57.2 Å². The number of carbonyl (C=O) groups excluding carboxylic acids is 1. The van der Waals surface area contributed by atoms with Crippen molar-refractivity contribution in [3.63, 3.8) is 0 Å². The Hall–Kier alpha value is -3.25. The zero-order valence-corrected chi connectivity index (χ0v) is 18.8. The first-order valence-corrected chi connectivity index (χ1v) is 11.2. The Morgan fingerprint density at radius 2 is 1.97 bits per heavy atom. The fourth-order valence-corrected chi connectivity index (χ4v) is 4.46. The largest absolute Gasteiger partial charge is 0.492 e. The number of carbonyl (C=O) groups is 1. The molecule has 4 aromatic rings. The Kier molecular flexibility index (Phi) is 6.28. The topological polar surface area (TPSA) is 55.3 Å². The van der Waals surface area contributed by atoms with Crippen LogP contribution in [0.15, 0.2) is 60.8 Å². The highest BCUT2D eigenvalue weighted by Gasteiger charge is 2.22. The maximum atomic E-state index is 13.5. The van der Waals surface area contributed by atoms with Gasteiger partial charge in [-0.25, -0.2) is 4.98 Å². The second kappa shape index (κ2) is 9.27. The first kappa shape index (κ1) is 21.0. The second-order valence-electron chi connectivity index (χ2n) is 7.44. The Morgan fingerprint density at radius 3 is 2.74 bits per heavy atom. The SMILES string of the molecule is CCOc1cccc2sc(N(Cc3ccccn3)C(=O)Cc3cc(C)ccc3C)nc12. The molecule has 0 aliphatic rings. The van der Waals surface area contributed by atoms with E-state index in [1.165, 1.54) is 11.3 Å². The summed E-state index contributed by atoms with van der Waals surface area (Å²) in [4.78, 5) is 24.5. The number of anilines is 1. The fraction of sp³-hybridized carbons (Fsp3) is 0.240. The number of aryl methyl sites for hydroxylation is 2. The van der Waals surface area contributed by atoms with Gasteiger partial charge in [-0.15, -0.1) is 0 Å². The number of hydrogen-bond acceptors (Lipinski definition) is 5. The van der Waals surface area contributed by atoms with Gasteiger partial charge >= 0.3 is 0 Å². The van der Waals surface area contributed by atoms with Crippen molar-refractivity contribution < 1.29 is 9.53 Å². The first-order valence-electron chi connectivity index (χ1n) is 10.3. The minimum atomic E-state index is -0.00336.